The van der Waals surface area contributed by atoms with Gasteiger partial charge in [-0.1, -0.05) is 0 Å². The highest BCUT2D eigenvalue weighted by Crippen LogP contribution is 2.19. The number of rotatable bonds is 5. The average molecular weight is 285 g/mol. The summed E-state index contributed by atoms with van der Waals surface area (Å²) in [6.45, 7) is -0.442. The largest absolute Gasteiger partial charge is 0.348 e. The van der Waals surface area contributed by atoms with Crippen molar-refractivity contribution in [2.45, 2.75) is 50.7 Å². The van der Waals surface area contributed by atoms with Gasteiger partial charge in [0.25, 0.3) is 12.3 Å². The molecule has 20 heavy (non-hydrogen) atoms. The van der Waals surface area contributed by atoms with Crippen LogP contribution in [0.15, 0.2) is 18.3 Å². The van der Waals surface area contributed by atoms with Crippen LogP contribution in [0.5, 0.6) is 0 Å². The van der Waals surface area contributed by atoms with E-state index in [0.29, 0.717) is 11.7 Å². The number of nitrogens with one attached hydrogen (secondary N) is 2. The SMILES string of the molecule is CNC1CCC(NC(=O)c2cccn2CC(F)F)CC1. The van der Waals surface area contributed by atoms with Crippen LogP contribution in [0, 0.1) is 0 Å². The highest BCUT2D eigenvalue weighted by Gasteiger charge is 2.23. The number of aromatic nitrogens is 1. The fraction of sp³-hybridized carbons (Fsp3) is 0.643. The molecule has 0 unspecified atom stereocenters. The van der Waals surface area contributed by atoms with E-state index in [1.807, 2.05) is 7.05 Å². The fourth-order valence-electron chi connectivity index (χ4n) is 2.71. The van der Waals surface area contributed by atoms with Crippen molar-refractivity contribution in [1.82, 2.24) is 15.2 Å². The van der Waals surface area contributed by atoms with E-state index in [1.54, 1.807) is 12.1 Å². The second-order valence-electron chi connectivity index (χ2n) is 5.25. The Hall–Kier alpha value is -1.43. The summed E-state index contributed by atoms with van der Waals surface area (Å²) in [5, 5.41) is 6.18. The average Bonchev–Trinajstić information content (AvgIpc) is 2.87. The molecule has 0 saturated heterocycles. The molecule has 1 aliphatic carbocycles. The lowest BCUT2D eigenvalue weighted by atomic mass is 9.91. The molecule has 112 valence electrons. The van der Waals surface area contributed by atoms with Gasteiger partial charge < -0.3 is 15.2 Å². The number of hydrogen-bond donors (Lipinski definition) is 2. The zero-order valence-electron chi connectivity index (χ0n) is 11.6. The maximum Gasteiger partial charge on any atom is 0.268 e. The number of hydrogen-bond acceptors (Lipinski definition) is 2. The van der Waals surface area contributed by atoms with Crippen molar-refractivity contribution >= 4 is 5.91 Å². The third kappa shape index (κ3) is 3.79. The lowest BCUT2D eigenvalue weighted by Gasteiger charge is -2.28. The minimum Gasteiger partial charge on any atom is -0.348 e. The molecule has 1 aromatic heterocycles. The van der Waals surface area contributed by atoms with Crippen LogP contribution in [0.4, 0.5) is 8.78 Å². The van der Waals surface area contributed by atoms with Gasteiger partial charge in [0.1, 0.15) is 5.69 Å². The molecule has 0 aromatic carbocycles. The topological polar surface area (TPSA) is 46.1 Å². The van der Waals surface area contributed by atoms with Gasteiger partial charge in [-0.25, -0.2) is 8.78 Å². The highest BCUT2D eigenvalue weighted by molar-refractivity contribution is 5.92. The van der Waals surface area contributed by atoms with E-state index >= 15 is 0 Å². The summed E-state index contributed by atoms with van der Waals surface area (Å²) in [4.78, 5) is 12.1. The number of halogens is 2. The predicted molar refractivity (Wildman–Crippen MR) is 73.0 cm³/mol. The van der Waals surface area contributed by atoms with Crippen LogP contribution in [0.2, 0.25) is 0 Å². The van der Waals surface area contributed by atoms with Crippen LogP contribution < -0.4 is 10.6 Å². The lowest BCUT2D eigenvalue weighted by molar-refractivity contribution is 0.0902. The van der Waals surface area contributed by atoms with E-state index in [1.165, 1.54) is 10.8 Å². The van der Waals surface area contributed by atoms with Crippen molar-refractivity contribution in [3.05, 3.63) is 24.0 Å². The number of amides is 1. The standard InChI is InChI=1S/C14H21F2N3O/c1-17-10-4-6-11(7-5-10)18-14(20)12-3-2-8-19(12)9-13(15)16/h2-3,8,10-11,13,17H,4-7,9H2,1H3,(H,18,20). The Morgan fingerprint density at radius 1 is 1.35 bits per heavy atom. The molecular weight excluding hydrogens is 264 g/mol. The van der Waals surface area contributed by atoms with Gasteiger partial charge in [-0.05, 0) is 44.9 Å². The van der Waals surface area contributed by atoms with E-state index < -0.39 is 13.0 Å². The molecule has 0 bridgehead atoms. The summed E-state index contributed by atoms with van der Waals surface area (Å²) in [7, 11) is 1.95. The summed E-state index contributed by atoms with van der Waals surface area (Å²) >= 11 is 0. The third-order valence-corrected chi connectivity index (χ3v) is 3.87. The Kier molecular flexibility index (Phi) is 5.11. The van der Waals surface area contributed by atoms with E-state index in [-0.39, 0.29) is 11.9 Å². The van der Waals surface area contributed by atoms with Gasteiger partial charge >= 0.3 is 0 Å². The molecule has 1 aromatic rings. The van der Waals surface area contributed by atoms with Crippen LogP contribution in [-0.2, 0) is 6.54 Å². The van der Waals surface area contributed by atoms with Crippen LogP contribution in [0.1, 0.15) is 36.2 Å². The van der Waals surface area contributed by atoms with Crippen LogP contribution in [-0.4, -0.2) is 36.0 Å². The first-order valence-electron chi connectivity index (χ1n) is 7.01. The Bertz CT molecular complexity index is 439. The molecule has 0 aliphatic heterocycles. The van der Waals surface area contributed by atoms with Crippen molar-refractivity contribution in [3.63, 3.8) is 0 Å². The van der Waals surface area contributed by atoms with E-state index in [2.05, 4.69) is 10.6 Å². The zero-order valence-corrected chi connectivity index (χ0v) is 11.6. The summed E-state index contributed by atoms with van der Waals surface area (Å²) in [6, 6.07) is 3.86. The van der Waals surface area contributed by atoms with Gasteiger partial charge in [-0.15, -0.1) is 0 Å². The molecule has 1 amide bonds. The summed E-state index contributed by atoms with van der Waals surface area (Å²) < 4.78 is 26.1. The maximum absolute atomic E-state index is 12.4. The monoisotopic (exact) mass is 285 g/mol. The number of nitrogens with zero attached hydrogens (tertiary/aromatic N) is 1. The Labute approximate surface area is 117 Å². The second-order valence-corrected chi connectivity index (χ2v) is 5.25. The van der Waals surface area contributed by atoms with Crippen LogP contribution in [0.3, 0.4) is 0 Å². The Morgan fingerprint density at radius 3 is 2.60 bits per heavy atom. The van der Waals surface area contributed by atoms with Gasteiger partial charge in [0.15, 0.2) is 0 Å². The quantitative estimate of drug-likeness (QED) is 0.869. The summed E-state index contributed by atoms with van der Waals surface area (Å²) in [6.07, 6.45) is 2.96. The number of carbonyl (C=O) groups is 1. The van der Waals surface area contributed by atoms with Crippen LogP contribution >= 0.6 is 0 Å². The van der Waals surface area contributed by atoms with E-state index in [0.717, 1.165) is 25.7 Å². The molecule has 0 radical (unpaired) electrons. The molecule has 1 heterocycles. The minimum absolute atomic E-state index is 0.141. The van der Waals surface area contributed by atoms with Gasteiger partial charge in [-0.3, -0.25) is 4.79 Å². The molecule has 2 N–H and O–H groups in total. The second kappa shape index (κ2) is 6.83. The van der Waals surface area contributed by atoms with Crippen molar-refractivity contribution < 1.29 is 13.6 Å². The first-order chi connectivity index (χ1) is 9.60. The minimum atomic E-state index is -2.46. The fourth-order valence-corrected chi connectivity index (χ4v) is 2.71. The zero-order chi connectivity index (χ0) is 14.5. The maximum atomic E-state index is 12.4. The summed E-state index contributed by atoms with van der Waals surface area (Å²) in [5.41, 5.74) is 0.307. The highest BCUT2D eigenvalue weighted by atomic mass is 19.3. The summed E-state index contributed by atoms with van der Waals surface area (Å²) in [5.74, 6) is -0.261. The Morgan fingerprint density at radius 2 is 2.00 bits per heavy atom. The normalized spacial score (nSPS) is 23.0. The first-order valence-corrected chi connectivity index (χ1v) is 7.01. The van der Waals surface area contributed by atoms with Crippen molar-refractivity contribution in [2.75, 3.05) is 7.05 Å². The lowest BCUT2D eigenvalue weighted by Crippen LogP contribution is -2.41. The van der Waals surface area contributed by atoms with Crippen molar-refractivity contribution in [3.8, 4) is 0 Å². The molecule has 4 nitrogen and oxygen atoms in total. The smallest absolute Gasteiger partial charge is 0.268 e. The molecule has 6 heteroatoms. The van der Waals surface area contributed by atoms with Gasteiger partial charge in [-0.2, -0.15) is 0 Å². The molecule has 0 atom stereocenters. The molecule has 1 saturated carbocycles. The van der Waals surface area contributed by atoms with Crippen molar-refractivity contribution in [2.24, 2.45) is 0 Å². The first kappa shape index (κ1) is 15.0. The van der Waals surface area contributed by atoms with Crippen LogP contribution in [0.25, 0.3) is 0 Å². The molecule has 2 rings (SSSR count). The van der Waals surface area contributed by atoms with Gasteiger partial charge in [0.2, 0.25) is 0 Å². The molecule has 1 fully saturated rings. The molecule has 1 aliphatic rings. The van der Waals surface area contributed by atoms with E-state index in [9.17, 15) is 13.6 Å². The van der Waals surface area contributed by atoms with E-state index in [4.69, 9.17) is 0 Å². The number of carbonyl (C=O) groups excluding carboxylic acids is 1. The predicted octanol–water partition coefficient (Wildman–Crippen LogP) is 2.01. The number of alkyl halides is 2. The van der Waals surface area contributed by atoms with Gasteiger partial charge in [0, 0.05) is 18.3 Å². The molecular formula is C14H21F2N3O. The van der Waals surface area contributed by atoms with Crippen molar-refractivity contribution in [1.29, 1.82) is 0 Å². The third-order valence-electron chi connectivity index (χ3n) is 3.87. The van der Waals surface area contributed by atoms with Gasteiger partial charge in [0.05, 0.1) is 6.54 Å². The molecule has 0 spiro atoms. The Balaban J connectivity index is 1.90.